The Morgan fingerprint density at radius 2 is 2.15 bits per heavy atom. The molecule has 1 amide bonds. The minimum absolute atomic E-state index is 0.0425. The fourth-order valence-corrected chi connectivity index (χ4v) is 4.52. The van der Waals surface area contributed by atoms with E-state index in [1.54, 1.807) is 11.3 Å². The number of aryl methyl sites for hydroxylation is 3. The Morgan fingerprint density at radius 1 is 1.31 bits per heavy atom. The molecule has 1 aliphatic carbocycles. The molecule has 134 valence electrons. The van der Waals surface area contributed by atoms with Crippen LogP contribution in [0.25, 0.3) is 10.2 Å². The highest BCUT2D eigenvalue weighted by atomic mass is 32.1. The van der Waals surface area contributed by atoms with E-state index in [4.69, 9.17) is 4.74 Å². The molecule has 0 aliphatic heterocycles. The summed E-state index contributed by atoms with van der Waals surface area (Å²) in [6, 6.07) is 8.39. The van der Waals surface area contributed by atoms with Crippen LogP contribution in [0.1, 0.15) is 40.5 Å². The number of nitrogens with zero attached hydrogens (tertiary/aromatic N) is 2. The predicted molar refractivity (Wildman–Crippen MR) is 103 cm³/mol. The van der Waals surface area contributed by atoms with Crippen molar-refractivity contribution in [2.45, 2.75) is 39.2 Å². The van der Waals surface area contributed by atoms with Crippen LogP contribution < -0.4 is 10.1 Å². The standard InChI is InChI=1S/C20H21N3O2S/c1-12-13(2)26-20-18(12)19(21-11-22-20)25-10-17(24)23-16-9-5-7-14-6-3-4-8-15(14)16/h3-4,6,8,11,16H,5,7,9-10H2,1-2H3,(H,23,24)/t16-/m1/s1. The van der Waals surface area contributed by atoms with Gasteiger partial charge in [-0.2, -0.15) is 0 Å². The van der Waals surface area contributed by atoms with Crippen molar-refractivity contribution in [2.24, 2.45) is 0 Å². The normalized spacial score (nSPS) is 16.3. The summed E-state index contributed by atoms with van der Waals surface area (Å²) in [5, 5.41) is 4.02. The Labute approximate surface area is 156 Å². The SMILES string of the molecule is Cc1sc2ncnc(OCC(=O)N[C@@H]3CCCc4ccccc43)c2c1C. The highest BCUT2D eigenvalue weighted by Gasteiger charge is 2.22. The van der Waals surface area contributed by atoms with Crippen LogP contribution in [-0.4, -0.2) is 22.5 Å². The largest absolute Gasteiger partial charge is 0.467 e. The number of nitrogens with one attached hydrogen (secondary N) is 1. The number of fused-ring (bicyclic) bond motifs is 2. The van der Waals surface area contributed by atoms with E-state index in [-0.39, 0.29) is 18.6 Å². The lowest BCUT2D eigenvalue weighted by Crippen LogP contribution is -2.34. The smallest absolute Gasteiger partial charge is 0.258 e. The van der Waals surface area contributed by atoms with Crippen LogP contribution in [0.5, 0.6) is 5.88 Å². The molecule has 2 aromatic heterocycles. The molecule has 0 saturated carbocycles. The topological polar surface area (TPSA) is 64.1 Å². The van der Waals surface area contributed by atoms with Crippen LogP contribution in [0.4, 0.5) is 0 Å². The van der Waals surface area contributed by atoms with Gasteiger partial charge in [-0.3, -0.25) is 4.79 Å². The first-order chi connectivity index (χ1) is 12.6. The third-order valence-corrected chi connectivity index (χ3v) is 6.09. The molecule has 0 radical (unpaired) electrons. The summed E-state index contributed by atoms with van der Waals surface area (Å²) in [6.07, 6.45) is 4.61. The van der Waals surface area contributed by atoms with Crippen molar-refractivity contribution in [2.75, 3.05) is 6.61 Å². The number of ether oxygens (including phenoxy) is 1. The van der Waals surface area contributed by atoms with Crippen LogP contribution in [0, 0.1) is 13.8 Å². The maximum absolute atomic E-state index is 12.4. The number of aromatic nitrogens is 2. The summed E-state index contributed by atoms with van der Waals surface area (Å²) in [6.45, 7) is 4.04. The fourth-order valence-electron chi connectivity index (χ4n) is 3.53. The van der Waals surface area contributed by atoms with Gasteiger partial charge in [0.25, 0.3) is 5.91 Å². The van der Waals surface area contributed by atoms with Gasteiger partial charge in [0.05, 0.1) is 11.4 Å². The zero-order valence-corrected chi connectivity index (χ0v) is 15.7. The number of hydrogen-bond donors (Lipinski definition) is 1. The van der Waals surface area contributed by atoms with E-state index in [2.05, 4.69) is 40.4 Å². The van der Waals surface area contributed by atoms with Gasteiger partial charge in [-0.15, -0.1) is 11.3 Å². The lowest BCUT2D eigenvalue weighted by atomic mass is 9.88. The minimum atomic E-state index is -0.122. The van der Waals surface area contributed by atoms with Crippen LogP contribution >= 0.6 is 11.3 Å². The van der Waals surface area contributed by atoms with E-state index in [9.17, 15) is 4.79 Å². The van der Waals surface area contributed by atoms with Gasteiger partial charge in [0.15, 0.2) is 6.61 Å². The van der Waals surface area contributed by atoms with Crippen molar-refractivity contribution >= 4 is 27.5 Å². The third kappa shape index (κ3) is 3.17. The molecule has 3 aromatic rings. The third-order valence-electron chi connectivity index (χ3n) is 4.98. The first kappa shape index (κ1) is 17.0. The second-order valence-electron chi connectivity index (χ2n) is 6.64. The van der Waals surface area contributed by atoms with Crippen molar-refractivity contribution in [1.82, 2.24) is 15.3 Å². The number of thiophene rings is 1. The Kier molecular flexibility index (Phi) is 4.59. The Bertz CT molecular complexity index is 967. The maximum Gasteiger partial charge on any atom is 0.258 e. The molecule has 0 spiro atoms. The van der Waals surface area contributed by atoms with Crippen molar-refractivity contribution in [1.29, 1.82) is 0 Å². The molecule has 1 aliphatic rings. The van der Waals surface area contributed by atoms with Crippen molar-refractivity contribution in [3.8, 4) is 5.88 Å². The van der Waals surface area contributed by atoms with Crippen molar-refractivity contribution in [3.63, 3.8) is 0 Å². The number of benzene rings is 1. The van der Waals surface area contributed by atoms with Crippen LogP contribution in [0.3, 0.4) is 0 Å². The van der Waals surface area contributed by atoms with E-state index in [0.29, 0.717) is 5.88 Å². The quantitative estimate of drug-likeness (QED) is 0.760. The predicted octanol–water partition coefficient (Wildman–Crippen LogP) is 3.88. The molecule has 26 heavy (non-hydrogen) atoms. The van der Waals surface area contributed by atoms with Gasteiger partial charge in [0.1, 0.15) is 11.2 Å². The van der Waals surface area contributed by atoms with E-state index in [1.165, 1.54) is 22.3 Å². The average molecular weight is 367 g/mol. The molecule has 0 unspecified atom stereocenters. The summed E-state index contributed by atoms with van der Waals surface area (Å²) in [4.78, 5) is 23.1. The van der Waals surface area contributed by atoms with Gasteiger partial charge < -0.3 is 10.1 Å². The lowest BCUT2D eigenvalue weighted by molar-refractivity contribution is -0.124. The summed E-state index contributed by atoms with van der Waals surface area (Å²) in [5.74, 6) is 0.360. The second-order valence-corrected chi connectivity index (χ2v) is 7.85. The van der Waals surface area contributed by atoms with E-state index >= 15 is 0 Å². The zero-order valence-electron chi connectivity index (χ0n) is 14.9. The Hall–Kier alpha value is -2.47. The number of carbonyl (C=O) groups is 1. The zero-order chi connectivity index (χ0) is 18.1. The molecule has 0 fully saturated rings. The van der Waals surface area contributed by atoms with Crippen LogP contribution in [0.15, 0.2) is 30.6 Å². The highest BCUT2D eigenvalue weighted by Crippen LogP contribution is 2.33. The molecule has 1 N–H and O–H groups in total. The molecule has 0 saturated heterocycles. The van der Waals surface area contributed by atoms with Crippen molar-refractivity contribution in [3.05, 3.63) is 52.2 Å². The molecular weight excluding hydrogens is 346 g/mol. The lowest BCUT2D eigenvalue weighted by Gasteiger charge is -2.26. The van der Waals surface area contributed by atoms with Gasteiger partial charge in [-0.1, -0.05) is 24.3 Å². The summed E-state index contributed by atoms with van der Waals surface area (Å²) < 4.78 is 5.75. The molecule has 2 heterocycles. The Morgan fingerprint density at radius 3 is 3.04 bits per heavy atom. The summed E-state index contributed by atoms with van der Waals surface area (Å²) >= 11 is 1.62. The minimum Gasteiger partial charge on any atom is -0.467 e. The number of amides is 1. The molecule has 1 atom stereocenters. The first-order valence-electron chi connectivity index (χ1n) is 8.84. The fraction of sp³-hybridized carbons (Fsp3) is 0.350. The summed E-state index contributed by atoms with van der Waals surface area (Å²) in [5.41, 5.74) is 3.66. The van der Waals surface area contributed by atoms with Gasteiger partial charge in [0.2, 0.25) is 5.88 Å². The molecule has 4 rings (SSSR count). The summed E-state index contributed by atoms with van der Waals surface area (Å²) in [7, 11) is 0. The van der Waals surface area contributed by atoms with Gasteiger partial charge >= 0.3 is 0 Å². The van der Waals surface area contributed by atoms with Crippen LogP contribution in [0.2, 0.25) is 0 Å². The Balaban J connectivity index is 1.46. The van der Waals surface area contributed by atoms with Gasteiger partial charge in [0, 0.05) is 4.88 Å². The second kappa shape index (κ2) is 7.03. The molecular formula is C20H21N3O2S. The number of carbonyl (C=O) groups excluding carboxylic acids is 1. The molecule has 6 heteroatoms. The highest BCUT2D eigenvalue weighted by molar-refractivity contribution is 7.18. The first-order valence-corrected chi connectivity index (χ1v) is 9.66. The van der Waals surface area contributed by atoms with E-state index in [1.807, 2.05) is 13.0 Å². The van der Waals surface area contributed by atoms with Gasteiger partial charge in [-0.25, -0.2) is 9.97 Å². The van der Waals surface area contributed by atoms with E-state index in [0.717, 1.165) is 35.0 Å². The van der Waals surface area contributed by atoms with E-state index < -0.39 is 0 Å². The molecule has 5 nitrogen and oxygen atoms in total. The molecule has 1 aromatic carbocycles. The maximum atomic E-state index is 12.4. The van der Waals surface area contributed by atoms with Crippen molar-refractivity contribution < 1.29 is 9.53 Å². The molecule has 0 bridgehead atoms. The number of rotatable bonds is 4. The number of hydrogen-bond acceptors (Lipinski definition) is 5. The average Bonchev–Trinajstić information content (AvgIpc) is 2.95. The monoisotopic (exact) mass is 367 g/mol. The van der Waals surface area contributed by atoms with Crippen LogP contribution in [-0.2, 0) is 11.2 Å². The van der Waals surface area contributed by atoms with Gasteiger partial charge in [-0.05, 0) is 49.8 Å².